The molecule has 0 aliphatic carbocycles. The van der Waals surface area contributed by atoms with Crippen LogP contribution in [-0.2, 0) is 0 Å². The summed E-state index contributed by atoms with van der Waals surface area (Å²) in [6.07, 6.45) is 0. The second kappa shape index (κ2) is 5.01. The van der Waals surface area contributed by atoms with Gasteiger partial charge in [-0.05, 0) is 38.5 Å². The van der Waals surface area contributed by atoms with E-state index in [2.05, 4.69) is 39.8 Å². The smallest absolute Gasteiger partial charge is 0.148 e. The highest BCUT2D eigenvalue weighted by Gasteiger charge is 2.08. The maximum absolute atomic E-state index is 5.44. The summed E-state index contributed by atoms with van der Waals surface area (Å²) in [5, 5.41) is 3.28. The average molecular weight is 243 g/mol. The molecular formula is C13H17N5. The largest absolute Gasteiger partial charge is 0.340 e. The van der Waals surface area contributed by atoms with Crippen molar-refractivity contribution in [3.8, 4) is 0 Å². The first-order chi connectivity index (χ1) is 8.60. The molecule has 4 N–H and O–H groups in total. The van der Waals surface area contributed by atoms with E-state index in [1.165, 1.54) is 5.56 Å². The van der Waals surface area contributed by atoms with Gasteiger partial charge in [0.05, 0.1) is 0 Å². The minimum atomic E-state index is 0.637. The third kappa shape index (κ3) is 2.57. The van der Waals surface area contributed by atoms with E-state index in [1.54, 1.807) is 0 Å². The second-order valence-electron chi connectivity index (χ2n) is 4.23. The molecule has 0 radical (unpaired) electrons. The van der Waals surface area contributed by atoms with Crippen molar-refractivity contribution in [2.24, 2.45) is 5.84 Å². The minimum Gasteiger partial charge on any atom is -0.340 e. The summed E-state index contributed by atoms with van der Waals surface area (Å²) in [5.74, 6) is 7.51. The van der Waals surface area contributed by atoms with E-state index in [0.29, 0.717) is 11.6 Å². The quantitative estimate of drug-likeness (QED) is 0.570. The Morgan fingerprint density at radius 3 is 2.44 bits per heavy atom. The Kier molecular flexibility index (Phi) is 3.43. The van der Waals surface area contributed by atoms with Crippen LogP contribution in [-0.4, -0.2) is 9.97 Å². The number of nitrogen functional groups attached to an aromatic ring is 1. The number of hydrazine groups is 1. The number of benzene rings is 1. The Labute approximate surface area is 106 Å². The van der Waals surface area contributed by atoms with Crippen LogP contribution in [0, 0.1) is 20.8 Å². The van der Waals surface area contributed by atoms with E-state index in [4.69, 9.17) is 5.84 Å². The van der Waals surface area contributed by atoms with Crippen molar-refractivity contribution in [1.82, 2.24) is 9.97 Å². The first kappa shape index (κ1) is 12.3. The van der Waals surface area contributed by atoms with Gasteiger partial charge in [0.15, 0.2) is 0 Å². The Balaban J connectivity index is 2.37. The molecule has 0 saturated heterocycles. The standard InChI is InChI=1S/C13H17N5/c1-8-5-4-6-11(7-8)17-12-9(2)13(18-14)16-10(3)15-12/h4-7H,14H2,1-3H3,(H2,15,16,17,18). The number of nitrogens with zero attached hydrogens (tertiary/aromatic N) is 2. The zero-order valence-electron chi connectivity index (χ0n) is 10.8. The molecule has 2 aromatic rings. The summed E-state index contributed by atoms with van der Waals surface area (Å²) in [6, 6.07) is 8.12. The highest BCUT2D eigenvalue weighted by molar-refractivity contribution is 5.64. The predicted molar refractivity (Wildman–Crippen MR) is 73.8 cm³/mol. The fourth-order valence-corrected chi connectivity index (χ4v) is 1.75. The molecule has 1 aromatic carbocycles. The first-order valence-corrected chi connectivity index (χ1v) is 5.75. The Morgan fingerprint density at radius 1 is 1.06 bits per heavy atom. The van der Waals surface area contributed by atoms with E-state index in [9.17, 15) is 0 Å². The van der Waals surface area contributed by atoms with Crippen molar-refractivity contribution in [1.29, 1.82) is 0 Å². The number of rotatable bonds is 3. The number of hydrogen-bond acceptors (Lipinski definition) is 5. The Morgan fingerprint density at radius 2 is 1.78 bits per heavy atom. The normalized spacial score (nSPS) is 10.2. The molecule has 0 saturated carbocycles. The Bertz CT molecular complexity index is 565. The van der Waals surface area contributed by atoms with Crippen molar-refractivity contribution >= 4 is 17.3 Å². The number of anilines is 3. The molecular weight excluding hydrogens is 226 g/mol. The first-order valence-electron chi connectivity index (χ1n) is 5.75. The number of nitrogens with two attached hydrogens (primary N) is 1. The molecule has 1 aromatic heterocycles. The molecule has 0 bridgehead atoms. The van der Waals surface area contributed by atoms with Gasteiger partial charge in [0.1, 0.15) is 17.5 Å². The van der Waals surface area contributed by atoms with E-state index < -0.39 is 0 Å². The van der Waals surface area contributed by atoms with Gasteiger partial charge < -0.3 is 10.7 Å². The number of nitrogens with one attached hydrogen (secondary N) is 2. The maximum atomic E-state index is 5.44. The highest BCUT2D eigenvalue weighted by atomic mass is 15.3. The lowest BCUT2D eigenvalue weighted by molar-refractivity contribution is 1.03. The van der Waals surface area contributed by atoms with Crippen LogP contribution in [0.3, 0.4) is 0 Å². The molecule has 94 valence electrons. The lowest BCUT2D eigenvalue weighted by atomic mass is 10.2. The van der Waals surface area contributed by atoms with Gasteiger partial charge in [-0.1, -0.05) is 12.1 Å². The van der Waals surface area contributed by atoms with Gasteiger partial charge in [-0.15, -0.1) is 0 Å². The summed E-state index contributed by atoms with van der Waals surface area (Å²) in [5.41, 5.74) is 5.67. The van der Waals surface area contributed by atoms with E-state index >= 15 is 0 Å². The number of aryl methyl sites for hydroxylation is 2. The van der Waals surface area contributed by atoms with Crippen LogP contribution < -0.4 is 16.6 Å². The van der Waals surface area contributed by atoms with Crippen LogP contribution in [0.25, 0.3) is 0 Å². The fraction of sp³-hybridized carbons (Fsp3) is 0.231. The van der Waals surface area contributed by atoms with Crippen molar-refractivity contribution in [3.63, 3.8) is 0 Å². The molecule has 5 heteroatoms. The van der Waals surface area contributed by atoms with Crippen LogP contribution >= 0.6 is 0 Å². The summed E-state index contributed by atoms with van der Waals surface area (Å²) in [4.78, 5) is 8.61. The molecule has 5 nitrogen and oxygen atoms in total. The lowest BCUT2D eigenvalue weighted by Crippen LogP contribution is -2.13. The summed E-state index contributed by atoms with van der Waals surface area (Å²) < 4.78 is 0. The monoisotopic (exact) mass is 243 g/mol. The lowest BCUT2D eigenvalue weighted by Gasteiger charge is -2.12. The molecule has 0 spiro atoms. The molecule has 18 heavy (non-hydrogen) atoms. The fourth-order valence-electron chi connectivity index (χ4n) is 1.75. The van der Waals surface area contributed by atoms with E-state index in [-0.39, 0.29) is 0 Å². The van der Waals surface area contributed by atoms with Gasteiger partial charge in [0.2, 0.25) is 0 Å². The van der Waals surface area contributed by atoms with Crippen LogP contribution in [0.2, 0.25) is 0 Å². The molecule has 0 aliphatic heterocycles. The summed E-state index contributed by atoms with van der Waals surface area (Å²) >= 11 is 0. The molecule has 1 heterocycles. The number of aromatic nitrogens is 2. The van der Waals surface area contributed by atoms with Crippen molar-refractivity contribution in [2.75, 3.05) is 10.7 Å². The average Bonchev–Trinajstić information content (AvgIpc) is 2.33. The SMILES string of the molecule is Cc1cccc(Nc2nc(C)nc(NN)c2C)c1. The zero-order chi connectivity index (χ0) is 13.1. The molecule has 0 amide bonds. The third-order valence-electron chi connectivity index (χ3n) is 2.68. The van der Waals surface area contributed by atoms with Gasteiger partial charge >= 0.3 is 0 Å². The summed E-state index contributed by atoms with van der Waals surface area (Å²) in [7, 11) is 0. The highest BCUT2D eigenvalue weighted by Crippen LogP contribution is 2.23. The Hall–Kier alpha value is -2.14. The van der Waals surface area contributed by atoms with Crippen LogP contribution in [0.5, 0.6) is 0 Å². The van der Waals surface area contributed by atoms with Gasteiger partial charge in [0, 0.05) is 11.3 Å². The summed E-state index contributed by atoms with van der Waals surface area (Å²) in [6.45, 7) is 5.81. The van der Waals surface area contributed by atoms with Crippen LogP contribution in [0.1, 0.15) is 17.0 Å². The predicted octanol–water partition coefficient (Wildman–Crippen LogP) is 2.43. The van der Waals surface area contributed by atoms with Gasteiger partial charge in [-0.25, -0.2) is 15.8 Å². The number of hydrogen-bond donors (Lipinski definition) is 3. The van der Waals surface area contributed by atoms with Crippen molar-refractivity contribution in [2.45, 2.75) is 20.8 Å². The molecule has 0 unspecified atom stereocenters. The zero-order valence-corrected chi connectivity index (χ0v) is 10.8. The second-order valence-corrected chi connectivity index (χ2v) is 4.23. The van der Waals surface area contributed by atoms with Gasteiger partial charge in [-0.3, -0.25) is 0 Å². The van der Waals surface area contributed by atoms with Crippen molar-refractivity contribution in [3.05, 3.63) is 41.2 Å². The van der Waals surface area contributed by atoms with Crippen molar-refractivity contribution < 1.29 is 0 Å². The third-order valence-corrected chi connectivity index (χ3v) is 2.68. The van der Waals surface area contributed by atoms with Crippen LogP contribution in [0.15, 0.2) is 24.3 Å². The van der Waals surface area contributed by atoms with E-state index in [1.807, 2.05) is 26.0 Å². The molecule has 0 aliphatic rings. The molecule has 0 atom stereocenters. The molecule has 0 fully saturated rings. The minimum absolute atomic E-state index is 0.637. The van der Waals surface area contributed by atoms with Crippen LogP contribution in [0.4, 0.5) is 17.3 Å². The maximum Gasteiger partial charge on any atom is 0.148 e. The topological polar surface area (TPSA) is 75.9 Å². The van der Waals surface area contributed by atoms with Gasteiger partial charge in [-0.2, -0.15) is 0 Å². The molecule has 2 rings (SSSR count). The van der Waals surface area contributed by atoms with E-state index in [0.717, 1.165) is 17.1 Å². The van der Waals surface area contributed by atoms with Gasteiger partial charge in [0.25, 0.3) is 0 Å².